The van der Waals surface area contributed by atoms with Crippen molar-refractivity contribution >= 4 is 21.7 Å². The Bertz CT molecular complexity index is 711. The van der Waals surface area contributed by atoms with Crippen molar-refractivity contribution < 1.29 is 23.2 Å². The second-order valence-corrected chi connectivity index (χ2v) is 7.02. The standard InChI is InChI=1S/C13H18N2O6S/c1-7(2)12(13(16)17)14-22(20,21)11-6-9(4)8(3)5-10(11)15(18)19/h5-7,12,14H,1-4H3,(H,16,17). The van der Waals surface area contributed by atoms with Crippen molar-refractivity contribution in [2.24, 2.45) is 5.92 Å². The summed E-state index contributed by atoms with van der Waals surface area (Å²) < 4.78 is 26.7. The van der Waals surface area contributed by atoms with Crippen LogP contribution in [-0.4, -0.2) is 30.5 Å². The maximum Gasteiger partial charge on any atom is 0.322 e. The fourth-order valence-electron chi connectivity index (χ4n) is 1.83. The van der Waals surface area contributed by atoms with E-state index in [1.165, 1.54) is 19.9 Å². The van der Waals surface area contributed by atoms with Gasteiger partial charge in [0, 0.05) is 6.07 Å². The maximum absolute atomic E-state index is 12.4. The van der Waals surface area contributed by atoms with Crippen LogP contribution in [0.4, 0.5) is 5.69 Å². The quantitative estimate of drug-likeness (QED) is 0.602. The highest BCUT2D eigenvalue weighted by molar-refractivity contribution is 7.89. The molecule has 0 heterocycles. The molecular weight excluding hydrogens is 312 g/mol. The van der Waals surface area contributed by atoms with Gasteiger partial charge >= 0.3 is 5.97 Å². The van der Waals surface area contributed by atoms with Gasteiger partial charge in [-0.25, -0.2) is 8.42 Å². The molecule has 0 amide bonds. The third kappa shape index (κ3) is 3.80. The lowest BCUT2D eigenvalue weighted by Crippen LogP contribution is -2.44. The monoisotopic (exact) mass is 330 g/mol. The zero-order valence-electron chi connectivity index (χ0n) is 12.7. The molecule has 0 aliphatic carbocycles. The van der Waals surface area contributed by atoms with E-state index in [-0.39, 0.29) is 0 Å². The maximum atomic E-state index is 12.4. The molecule has 0 saturated carbocycles. The number of hydrogen-bond acceptors (Lipinski definition) is 5. The van der Waals surface area contributed by atoms with Gasteiger partial charge in [-0.3, -0.25) is 14.9 Å². The lowest BCUT2D eigenvalue weighted by atomic mass is 10.1. The molecule has 9 heteroatoms. The minimum absolute atomic E-state index is 0.516. The number of nitro groups is 1. The number of aliphatic carboxylic acids is 1. The van der Waals surface area contributed by atoms with E-state index >= 15 is 0 Å². The van der Waals surface area contributed by atoms with Gasteiger partial charge in [0.25, 0.3) is 5.69 Å². The van der Waals surface area contributed by atoms with Gasteiger partial charge in [-0.05, 0) is 37.0 Å². The van der Waals surface area contributed by atoms with Crippen molar-refractivity contribution in [3.63, 3.8) is 0 Å². The molecule has 1 unspecified atom stereocenters. The van der Waals surface area contributed by atoms with Crippen LogP contribution in [0.25, 0.3) is 0 Å². The normalized spacial score (nSPS) is 13.1. The average molecular weight is 330 g/mol. The second kappa shape index (κ2) is 6.41. The minimum Gasteiger partial charge on any atom is -0.480 e. The number of nitrogens with zero attached hydrogens (tertiary/aromatic N) is 1. The van der Waals surface area contributed by atoms with E-state index in [0.717, 1.165) is 6.07 Å². The zero-order chi connectivity index (χ0) is 17.2. The number of aryl methyl sites for hydroxylation is 2. The van der Waals surface area contributed by atoms with Gasteiger partial charge < -0.3 is 5.11 Å². The molecule has 1 aromatic rings. The number of hydrogen-bond donors (Lipinski definition) is 2. The Kier molecular flexibility index (Phi) is 5.26. The number of carboxylic acid groups (broad SMARTS) is 1. The highest BCUT2D eigenvalue weighted by atomic mass is 32.2. The molecule has 0 bridgehead atoms. The fourth-order valence-corrected chi connectivity index (χ4v) is 3.41. The van der Waals surface area contributed by atoms with Crippen LogP contribution in [-0.2, 0) is 14.8 Å². The van der Waals surface area contributed by atoms with E-state index in [9.17, 15) is 23.3 Å². The van der Waals surface area contributed by atoms with Crippen LogP contribution in [0.3, 0.4) is 0 Å². The van der Waals surface area contributed by atoms with E-state index in [1.54, 1.807) is 13.8 Å². The zero-order valence-corrected chi connectivity index (χ0v) is 13.5. The predicted molar refractivity (Wildman–Crippen MR) is 79.2 cm³/mol. The number of nitro benzene ring substituents is 1. The van der Waals surface area contributed by atoms with Crippen LogP contribution in [0, 0.1) is 29.9 Å². The number of nitrogens with one attached hydrogen (secondary N) is 1. The molecule has 0 aromatic heterocycles. The highest BCUT2D eigenvalue weighted by Gasteiger charge is 2.32. The van der Waals surface area contributed by atoms with Crippen molar-refractivity contribution in [1.82, 2.24) is 4.72 Å². The molecule has 1 rings (SSSR count). The molecule has 0 aliphatic heterocycles. The summed E-state index contributed by atoms with van der Waals surface area (Å²) in [7, 11) is -4.34. The number of benzene rings is 1. The van der Waals surface area contributed by atoms with Crippen molar-refractivity contribution in [3.8, 4) is 0 Å². The summed E-state index contributed by atoms with van der Waals surface area (Å²) in [6, 6.07) is 0.968. The van der Waals surface area contributed by atoms with Gasteiger partial charge in [0.15, 0.2) is 4.90 Å². The summed E-state index contributed by atoms with van der Waals surface area (Å²) in [5.74, 6) is -1.86. The molecule has 0 aliphatic rings. The molecule has 0 saturated heterocycles. The molecule has 0 radical (unpaired) electrons. The average Bonchev–Trinajstić information content (AvgIpc) is 2.37. The van der Waals surface area contributed by atoms with Gasteiger partial charge in [-0.15, -0.1) is 0 Å². The van der Waals surface area contributed by atoms with Gasteiger partial charge in [-0.2, -0.15) is 4.72 Å². The molecule has 1 atom stereocenters. The lowest BCUT2D eigenvalue weighted by Gasteiger charge is -2.18. The van der Waals surface area contributed by atoms with Crippen molar-refractivity contribution in [2.75, 3.05) is 0 Å². The van der Waals surface area contributed by atoms with E-state index in [1.807, 2.05) is 4.72 Å². The van der Waals surface area contributed by atoms with E-state index < -0.39 is 43.5 Å². The van der Waals surface area contributed by atoms with Crippen molar-refractivity contribution in [1.29, 1.82) is 0 Å². The second-order valence-electron chi connectivity index (χ2n) is 5.34. The largest absolute Gasteiger partial charge is 0.480 e. The number of carbonyl (C=O) groups is 1. The van der Waals surface area contributed by atoms with Crippen LogP contribution < -0.4 is 4.72 Å². The minimum atomic E-state index is -4.34. The molecule has 2 N–H and O–H groups in total. The Hall–Kier alpha value is -2.00. The molecular formula is C13H18N2O6S. The molecule has 0 spiro atoms. The van der Waals surface area contributed by atoms with Gasteiger partial charge in [0.1, 0.15) is 6.04 Å². The first-order chi connectivity index (χ1) is 9.97. The summed E-state index contributed by atoms with van der Waals surface area (Å²) in [6.45, 7) is 6.32. The smallest absolute Gasteiger partial charge is 0.322 e. The van der Waals surface area contributed by atoms with Crippen LogP contribution in [0.5, 0.6) is 0 Å². The Morgan fingerprint density at radius 2 is 1.77 bits per heavy atom. The first kappa shape index (κ1) is 18.1. The number of sulfonamides is 1. The van der Waals surface area contributed by atoms with Gasteiger partial charge in [0.05, 0.1) is 4.92 Å². The molecule has 0 fully saturated rings. The Labute approximate surface area is 128 Å². The lowest BCUT2D eigenvalue weighted by molar-refractivity contribution is -0.387. The summed E-state index contributed by atoms with van der Waals surface area (Å²) in [4.78, 5) is 20.9. The predicted octanol–water partition coefficient (Wildman–Crippen LogP) is 1.60. The van der Waals surface area contributed by atoms with E-state index in [2.05, 4.69) is 0 Å². The van der Waals surface area contributed by atoms with Crippen LogP contribution in [0.2, 0.25) is 0 Å². The first-order valence-corrected chi connectivity index (χ1v) is 7.96. The van der Waals surface area contributed by atoms with Crippen LogP contribution >= 0.6 is 0 Å². The SMILES string of the molecule is Cc1cc([N+](=O)[O-])c(S(=O)(=O)NC(C(=O)O)C(C)C)cc1C. The van der Waals surface area contributed by atoms with Crippen LogP contribution in [0.15, 0.2) is 17.0 Å². The fraction of sp³-hybridized carbons (Fsp3) is 0.462. The van der Waals surface area contributed by atoms with Crippen LogP contribution in [0.1, 0.15) is 25.0 Å². The summed E-state index contributed by atoms with van der Waals surface area (Å²) in [6.07, 6.45) is 0. The summed E-state index contributed by atoms with van der Waals surface area (Å²) >= 11 is 0. The molecule has 8 nitrogen and oxygen atoms in total. The third-order valence-electron chi connectivity index (χ3n) is 3.28. The Balaban J connectivity index is 3.43. The summed E-state index contributed by atoms with van der Waals surface area (Å²) in [5.41, 5.74) is 0.551. The van der Waals surface area contributed by atoms with Crippen molar-refractivity contribution in [2.45, 2.75) is 38.6 Å². The summed E-state index contributed by atoms with van der Waals surface area (Å²) in [5, 5.41) is 20.2. The Morgan fingerprint density at radius 3 is 2.18 bits per heavy atom. The van der Waals surface area contributed by atoms with Gasteiger partial charge in [0.2, 0.25) is 10.0 Å². The van der Waals surface area contributed by atoms with Gasteiger partial charge in [-0.1, -0.05) is 13.8 Å². The highest BCUT2D eigenvalue weighted by Crippen LogP contribution is 2.27. The number of carboxylic acids is 1. The molecule has 22 heavy (non-hydrogen) atoms. The molecule has 1 aromatic carbocycles. The van der Waals surface area contributed by atoms with E-state index in [0.29, 0.717) is 11.1 Å². The molecule has 122 valence electrons. The number of rotatable bonds is 6. The first-order valence-electron chi connectivity index (χ1n) is 6.48. The topological polar surface area (TPSA) is 127 Å². The Morgan fingerprint density at radius 1 is 1.27 bits per heavy atom. The van der Waals surface area contributed by atoms with Crippen molar-refractivity contribution in [3.05, 3.63) is 33.4 Å². The third-order valence-corrected chi connectivity index (χ3v) is 4.75. The van der Waals surface area contributed by atoms with E-state index in [4.69, 9.17) is 5.11 Å².